The van der Waals surface area contributed by atoms with Crippen molar-refractivity contribution < 1.29 is 22.7 Å². The molecule has 1 aromatic carbocycles. The highest BCUT2D eigenvalue weighted by atomic mass is 35.5. The van der Waals surface area contributed by atoms with Gasteiger partial charge in [0.1, 0.15) is 10.6 Å². The van der Waals surface area contributed by atoms with Crippen molar-refractivity contribution in [2.75, 3.05) is 59.1 Å². The SMILES string of the molecule is CCOc1ccc(Cl)cc1S(=O)(=O)N1CCC(C(=O)NCCCN2CCOCC2)CC1. The van der Waals surface area contributed by atoms with Gasteiger partial charge in [0, 0.05) is 43.7 Å². The van der Waals surface area contributed by atoms with Crippen LogP contribution < -0.4 is 10.1 Å². The molecular formula is C21H32ClN3O5S. The van der Waals surface area contributed by atoms with Gasteiger partial charge in [-0.3, -0.25) is 9.69 Å². The number of carbonyl (C=O) groups excluding carboxylic acids is 1. The summed E-state index contributed by atoms with van der Waals surface area (Å²) in [4.78, 5) is 14.9. The number of ether oxygens (including phenoxy) is 2. The first-order valence-electron chi connectivity index (χ1n) is 10.9. The van der Waals surface area contributed by atoms with Gasteiger partial charge in [0.15, 0.2) is 0 Å². The zero-order valence-corrected chi connectivity index (χ0v) is 19.6. The van der Waals surface area contributed by atoms with Crippen molar-refractivity contribution in [1.82, 2.24) is 14.5 Å². The monoisotopic (exact) mass is 473 g/mol. The normalized spacial score (nSPS) is 19.3. The molecular weight excluding hydrogens is 442 g/mol. The third kappa shape index (κ3) is 6.55. The number of rotatable bonds is 9. The molecule has 31 heavy (non-hydrogen) atoms. The Bertz CT molecular complexity index is 837. The van der Waals surface area contributed by atoms with Crippen LogP contribution in [-0.4, -0.2) is 82.6 Å². The van der Waals surface area contributed by atoms with Crippen LogP contribution in [0, 0.1) is 5.92 Å². The largest absolute Gasteiger partial charge is 0.492 e. The van der Waals surface area contributed by atoms with Crippen molar-refractivity contribution in [3.8, 4) is 5.75 Å². The molecule has 0 atom stereocenters. The highest BCUT2D eigenvalue weighted by molar-refractivity contribution is 7.89. The average Bonchev–Trinajstić information content (AvgIpc) is 2.78. The summed E-state index contributed by atoms with van der Waals surface area (Å²) in [7, 11) is -3.74. The molecule has 1 N–H and O–H groups in total. The molecule has 2 heterocycles. The Morgan fingerprint density at radius 2 is 1.94 bits per heavy atom. The smallest absolute Gasteiger partial charge is 0.246 e. The lowest BCUT2D eigenvalue weighted by atomic mass is 9.97. The fourth-order valence-corrected chi connectivity index (χ4v) is 5.80. The number of hydrogen-bond acceptors (Lipinski definition) is 6. The second-order valence-electron chi connectivity index (χ2n) is 7.80. The molecule has 1 aromatic rings. The Morgan fingerprint density at radius 3 is 2.61 bits per heavy atom. The predicted octanol–water partition coefficient (Wildman–Crippen LogP) is 1.98. The van der Waals surface area contributed by atoms with Gasteiger partial charge in [-0.1, -0.05) is 11.6 Å². The van der Waals surface area contributed by atoms with E-state index in [-0.39, 0.29) is 16.7 Å². The molecule has 0 aliphatic carbocycles. The van der Waals surface area contributed by atoms with Crippen LogP contribution in [-0.2, 0) is 19.6 Å². The van der Waals surface area contributed by atoms with Crippen LogP contribution in [0.4, 0.5) is 0 Å². The molecule has 10 heteroatoms. The van der Waals surface area contributed by atoms with E-state index in [4.69, 9.17) is 21.1 Å². The molecule has 0 bridgehead atoms. The summed E-state index contributed by atoms with van der Waals surface area (Å²) < 4.78 is 38.5. The average molecular weight is 474 g/mol. The van der Waals surface area contributed by atoms with Crippen LogP contribution in [0.5, 0.6) is 5.75 Å². The van der Waals surface area contributed by atoms with Crippen molar-refractivity contribution in [2.45, 2.75) is 31.1 Å². The minimum atomic E-state index is -3.74. The minimum Gasteiger partial charge on any atom is -0.492 e. The van der Waals surface area contributed by atoms with Gasteiger partial charge in [-0.25, -0.2) is 8.42 Å². The minimum absolute atomic E-state index is 0.0109. The highest BCUT2D eigenvalue weighted by Gasteiger charge is 2.33. The lowest BCUT2D eigenvalue weighted by molar-refractivity contribution is -0.126. The van der Waals surface area contributed by atoms with E-state index in [9.17, 15) is 13.2 Å². The Hall–Kier alpha value is -1.39. The zero-order chi connectivity index (χ0) is 22.3. The van der Waals surface area contributed by atoms with Crippen molar-refractivity contribution in [1.29, 1.82) is 0 Å². The number of piperidine rings is 1. The molecule has 1 amide bonds. The molecule has 0 unspecified atom stereocenters. The number of nitrogens with zero attached hydrogens (tertiary/aromatic N) is 2. The topological polar surface area (TPSA) is 88.2 Å². The molecule has 0 saturated carbocycles. The maximum Gasteiger partial charge on any atom is 0.246 e. The molecule has 0 spiro atoms. The number of amides is 1. The fourth-order valence-electron chi connectivity index (χ4n) is 3.94. The van der Waals surface area contributed by atoms with E-state index in [2.05, 4.69) is 10.2 Å². The summed E-state index contributed by atoms with van der Waals surface area (Å²) in [5.74, 6) is 0.143. The van der Waals surface area contributed by atoms with Crippen molar-refractivity contribution >= 4 is 27.5 Å². The zero-order valence-electron chi connectivity index (χ0n) is 18.0. The second-order valence-corrected chi connectivity index (χ2v) is 10.1. The molecule has 2 fully saturated rings. The number of benzene rings is 1. The lowest BCUT2D eigenvalue weighted by Gasteiger charge is -2.31. The predicted molar refractivity (Wildman–Crippen MR) is 119 cm³/mol. The Morgan fingerprint density at radius 1 is 1.23 bits per heavy atom. The first-order chi connectivity index (χ1) is 14.9. The molecule has 0 radical (unpaired) electrons. The maximum atomic E-state index is 13.1. The van der Waals surface area contributed by atoms with E-state index in [1.807, 2.05) is 0 Å². The molecule has 2 saturated heterocycles. The van der Waals surface area contributed by atoms with Gasteiger partial charge < -0.3 is 14.8 Å². The van der Waals surface area contributed by atoms with Gasteiger partial charge in [-0.15, -0.1) is 0 Å². The second kappa shape index (κ2) is 11.5. The molecule has 2 aliphatic heterocycles. The van der Waals surface area contributed by atoms with E-state index in [0.29, 0.717) is 49.9 Å². The summed E-state index contributed by atoms with van der Waals surface area (Å²) in [5.41, 5.74) is 0. The van der Waals surface area contributed by atoms with Crippen molar-refractivity contribution in [3.63, 3.8) is 0 Å². The number of halogens is 1. The molecule has 174 valence electrons. The van der Waals surface area contributed by atoms with Crippen molar-refractivity contribution in [2.24, 2.45) is 5.92 Å². The number of sulfonamides is 1. The van der Waals surface area contributed by atoms with Crippen LogP contribution in [0.1, 0.15) is 26.2 Å². The van der Waals surface area contributed by atoms with E-state index >= 15 is 0 Å². The van der Waals surface area contributed by atoms with Crippen LogP contribution >= 0.6 is 11.6 Å². The quantitative estimate of drug-likeness (QED) is 0.552. The van der Waals surface area contributed by atoms with Crippen LogP contribution in [0.25, 0.3) is 0 Å². The van der Waals surface area contributed by atoms with E-state index in [0.717, 1.165) is 39.3 Å². The van der Waals surface area contributed by atoms with Gasteiger partial charge in [-0.05, 0) is 50.9 Å². The number of hydrogen-bond donors (Lipinski definition) is 1. The van der Waals surface area contributed by atoms with Gasteiger partial charge in [0.25, 0.3) is 0 Å². The highest BCUT2D eigenvalue weighted by Crippen LogP contribution is 2.32. The summed E-state index contributed by atoms with van der Waals surface area (Å²) in [6, 6.07) is 4.62. The van der Waals surface area contributed by atoms with Crippen LogP contribution in [0.2, 0.25) is 5.02 Å². The Balaban J connectivity index is 1.48. The molecule has 0 aromatic heterocycles. The Labute approximate surface area is 189 Å². The third-order valence-electron chi connectivity index (χ3n) is 5.70. The summed E-state index contributed by atoms with van der Waals surface area (Å²) in [6.07, 6.45) is 1.89. The van der Waals surface area contributed by atoms with E-state index in [1.54, 1.807) is 19.1 Å². The summed E-state index contributed by atoms with van der Waals surface area (Å²) >= 11 is 6.04. The van der Waals surface area contributed by atoms with Gasteiger partial charge in [-0.2, -0.15) is 4.31 Å². The first kappa shape index (κ1) is 24.3. The maximum absolute atomic E-state index is 13.1. The van der Waals surface area contributed by atoms with Gasteiger partial charge in [0.05, 0.1) is 19.8 Å². The third-order valence-corrected chi connectivity index (χ3v) is 7.86. The standard InChI is InChI=1S/C21H32ClN3O5S/c1-2-30-19-5-4-18(22)16-20(19)31(27,28)25-10-6-17(7-11-25)21(26)23-8-3-9-24-12-14-29-15-13-24/h4-5,16-17H,2-3,6-15H2,1H3,(H,23,26). The van der Waals surface area contributed by atoms with E-state index < -0.39 is 10.0 Å². The molecule has 2 aliphatic rings. The first-order valence-corrected chi connectivity index (χ1v) is 12.7. The molecule has 3 rings (SSSR count). The molecule has 8 nitrogen and oxygen atoms in total. The number of morpholine rings is 1. The Kier molecular flexibility index (Phi) is 8.97. The van der Waals surface area contributed by atoms with Crippen LogP contribution in [0.15, 0.2) is 23.1 Å². The summed E-state index contributed by atoms with van der Waals surface area (Å²) in [5, 5.41) is 3.35. The van der Waals surface area contributed by atoms with Gasteiger partial charge in [0.2, 0.25) is 15.9 Å². The summed E-state index contributed by atoms with van der Waals surface area (Å²) in [6.45, 7) is 7.77. The van der Waals surface area contributed by atoms with Crippen LogP contribution in [0.3, 0.4) is 0 Å². The number of nitrogens with one attached hydrogen (secondary N) is 1. The van der Waals surface area contributed by atoms with E-state index in [1.165, 1.54) is 10.4 Å². The lowest BCUT2D eigenvalue weighted by Crippen LogP contribution is -2.43. The fraction of sp³-hybridized carbons (Fsp3) is 0.667. The number of carbonyl (C=O) groups is 1. The van der Waals surface area contributed by atoms with Crippen molar-refractivity contribution in [3.05, 3.63) is 23.2 Å². The van der Waals surface area contributed by atoms with Gasteiger partial charge >= 0.3 is 0 Å².